The highest BCUT2D eigenvalue weighted by Gasteiger charge is 2.21. The standard InChI is InChI=1S/C18H24N2O/c1-13-8-6-7-11-20(13)12-16-14(2)19(3)17-10-5-4-9-15(17)18(16)21/h4-5,9-10,13H,6-8,11-12H2,1-3H3. The van der Waals surface area contributed by atoms with Crippen LogP contribution in [0.2, 0.25) is 0 Å². The van der Waals surface area contributed by atoms with Gasteiger partial charge in [-0.15, -0.1) is 0 Å². The van der Waals surface area contributed by atoms with Crippen LogP contribution in [0.15, 0.2) is 29.1 Å². The van der Waals surface area contributed by atoms with Gasteiger partial charge < -0.3 is 4.57 Å². The lowest BCUT2D eigenvalue weighted by atomic mass is 10.0. The predicted molar refractivity (Wildman–Crippen MR) is 87.6 cm³/mol. The summed E-state index contributed by atoms with van der Waals surface area (Å²) >= 11 is 0. The first-order valence-electron chi connectivity index (χ1n) is 7.91. The van der Waals surface area contributed by atoms with E-state index < -0.39 is 0 Å². The largest absolute Gasteiger partial charge is 0.347 e. The van der Waals surface area contributed by atoms with Gasteiger partial charge in [0.05, 0.1) is 5.52 Å². The maximum absolute atomic E-state index is 12.8. The van der Waals surface area contributed by atoms with Crippen molar-refractivity contribution in [2.24, 2.45) is 7.05 Å². The van der Waals surface area contributed by atoms with Crippen LogP contribution in [0, 0.1) is 6.92 Å². The lowest BCUT2D eigenvalue weighted by Gasteiger charge is -2.33. The highest BCUT2D eigenvalue weighted by atomic mass is 16.1. The Morgan fingerprint density at radius 1 is 1.24 bits per heavy atom. The number of hydrogen-bond donors (Lipinski definition) is 0. The van der Waals surface area contributed by atoms with Crippen molar-refractivity contribution < 1.29 is 0 Å². The van der Waals surface area contributed by atoms with E-state index in [1.165, 1.54) is 19.3 Å². The first kappa shape index (κ1) is 14.3. The molecule has 0 amide bonds. The normalized spacial score (nSPS) is 20.0. The summed E-state index contributed by atoms with van der Waals surface area (Å²) in [5.74, 6) is 0. The van der Waals surface area contributed by atoms with Crippen molar-refractivity contribution >= 4 is 10.9 Å². The molecule has 3 rings (SSSR count). The summed E-state index contributed by atoms with van der Waals surface area (Å²) in [7, 11) is 2.06. The summed E-state index contributed by atoms with van der Waals surface area (Å²) in [6, 6.07) is 8.49. The molecule has 2 aromatic rings. The molecule has 1 fully saturated rings. The molecule has 1 aromatic carbocycles. The lowest BCUT2D eigenvalue weighted by molar-refractivity contribution is 0.151. The van der Waals surface area contributed by atoms with E-state index in [1.54, 1.807) is 0 Å². The minimum Gasteiger partial charge on any atom is -0.347 e. The molecular formula is C18H24N2O. The third-order valence-electron chi connectivity index (χ3n) is 5.03. The molecule has 0 N–H and O–H groups in total. The molecule has 1 aliphatic heterocycles. The Morgan fingerprint density at radius 3 is 2.76 bits per heavy atom. The molecule has 0 aliphatic carbocycles. The number of aromatic nitrogens is 1. The second kappa shape index (κ2) is 5.64. The molecule has 0 spiro atoms. The molecule has 1 aliphatic rings. The van der Waals surface area contributed by atoms with Gasteiger partial charge in [-0.05, 0) is 45.4 Å². The van der Waals surface area contributed by atoms with Crippen LogP contribution in [-0.2, 0) is 13.6 Å². The van der Waals surface area contributed by atoms with Gasteiger partial charge in [0.25, 0.3) is 0 Å². The Balaban J connectivity index is 2.08. The van der Waals surface area contributed by atoms with Gasteiger partial charge in [0.15, 0.2) is 5.43 Å². The van der Waals surface area contributed by atoms with Gasteiger partial charge in [-0.3, -0.25) is 9.69 Å². The Labute approximate surface area is 126 Å². The van der Waals surface area contributed by atoms with E-state index in [1.807, 2.05) is 24.3 Å². The zero-order valence-corrected chi connectivity index (χ0v) is 13.2. The number of likely N-dealkylation sites (tertiary alicyclic amines) is 1. The summed E-state index contributed by atoms with van der Waals surface area (Å²) in [5.41, 5.74) is 3.29. The smallest absolute Gasteiger partial charge is 0.194 e. The van der Waals surface area contributed by atoms with Crippen molar-refractivity contribution in [2.45, 2.75) is 45.7 Å². The van der Waals surface area contributed by atoms with Gasteiger partial charge in [-0.25, -0.2) is 0 Å². The number of para-hydroxylation sites is 1. The van der Waals surface area contributed by atoms with Crippen molar-refractivity contribution in [1.82, 2.24) is 9.47 Å². The number of aryl methyl sites for hydroxylation is 1. The second-order valence-electron chi connectivity index (χ2n) is 6.28. The molecule has 1 saturated heterocycles. The van der Waals surface area contributed by atoms with Crippen molar-refractivity contribution in [2.75, 3.05) is 6.54 Å². The van der Waals surface area contributed by atoms with Crippen LogP contribution in [-0.4, -0.2) is 22.1 Å². The molecule has 21 heavy (non-hydrogen) atoms. The molecule has 1 atom stereocenters. The van der Waals surface area contributed by atoms with Gasteiger partial charge in [0, 0.05) is 36.3 Å². The Morgan fingerprint density at radius 2 is 2.00 bits per heavy atom. The molecule has 3 nitrogen and oxygen atoms in total. The van der Waals surface area contributed by atoms with Crippen LogP contribution in [0.4, 0.5) is 0 Å². The van der Waals surface area contributed by atoms with Crippen LogP contribution in [0.25, 0.3) is 10.9 Å². The number of fused-ring (bicyclic) bond motifs is 1. The second-order valence-corrected chi connectivity index (χ2v) is 6.28. The zero-order chi connectivity index (χ0) is 15.0. The molecule has 0 saturated carbocycles. The van der Waals surface area contributed by atoms with Crippen molar-refractivity contribution in [3.8, 4) is 0 Å². The third kappa shape index (κ3) is 2.51. The molecule has 1 unspecified atom stereocenters. The average Bonchev–Trinajstić information content (AvgIpc) is 2.51. The summed E-state index contributed by atoms with van der Waals surface area (Å²) in [6.07, 6.45) is 3.80. The molecule has 1 aromatic heterocycles. The van der Waals surface area contributed by atoms with Crippen molar-refractivity contribution in [3.63, 3.8) is 0 Å². The van der Waals surface area contributed by atoms with Crippen LogP contribution in [0.3, 0.4) is 0 Å². The van der Waals surface area contributed by atoms with E-state index in [9.17, 15) is 4.79 Å². The number of nitrogens with zero attached hydrogens (tertiary/aromatic N) is 2. The molecule has 112 valence electrons. The zero-order valence-electron chi connectivity index (χ0n) is 13.2. The van der Waals surface area contributed by atoms with E-state index in [2.05, 4.69) is 30.4 Å². The van der Waals surface area contributed by atoms with Crippen LogP contribution >= 0.6 is 0 Å². The van der Waals surface area contributed by atoms with E-state index in [0.29, 0.717) is 6.04 Å². The van der Waals surface area contributed by atoms with Crippen molar-refractivity contribution in [1.29, 1.82) is 0 Å². The maximum Gasteiger partial charge on any atom is 0.194 e. The summed E-state index contributed by atoms with van der Waals surface area (Å²) in [4.78, 5) is 15.3. The first-order chi connectivity index (χ1) is 10.1. The maximum atomic E-state index is 12.8. The molecular weight excluding hydrogens is 260 g/mol. The first-order valence-corrected chi connectivity index (χ1v) is 7.91. The molecule has 2 heterocycles. The fourth-order valence-corrected chi connectivity index (χ4v) is 3.45. The number of benzene rings is 1. The van der Waals surface area contributed by atoms with Crippen LogP contribution in [0.1, 0.15) is 37.4 Å². The quantitative estimate of drug-likeness (QED) is 0.846. The topological polar surface area (TPSA) is 25.2 Å². The lowest BCUT2D eigenvalue weighted by Crippen LogP contribution is -2.38. The minimum absolute atomic E-state index is 0.207. The van der Waals surface area contributed by atoms with Gasteiger partial charge in [0.2, 0.25) is 0 Å². The average molecular weight is 284 g/mol. The Bertz CT molecular complexity index is 717. The van der Waals surface area contributed by atoms with Crippen molar-refractivity contribution in [3.05, 3.63) is 45.7 Å². The van der Waals surface area contributed by atoms with Gasteiger partial charge in [-0.1, -0.05) is 18.6 Å². The monoisotopic (exact) mass is 284 g/mol. The minimum atomic E-state index is 0.207. The summed E-state index contributed by atoms with van der Waals surface area (Å²) in [5, 5.41) is 0.838. The van der Waals surface area contributed by atoms with Gasteiger partial charge in [0.1, 0.15) is 0 Å². The number of piperidine rings is 1. The van der Waals surface area contributed by atoms with E-state index in [4.69, 9.17) is 0 Å². The fraction of sp³-hybridized carbons (Fsp3) is 0.500. The van der Waals surface area contributed by atoms with Crippen LogP contribution < -0.4 is 5.43 Å². The van der Waals surface area contributed by atoms with Gasteiger partial charge in [-0.2, -0.15) is 0 Å². The van der Waals surface area contributed by atoms with E-state index >= 15 is 0 Å². The number of hydrogen-bond acceptors (Lipinski definition) is 2. The SMILES string of the molecule is Cc1c(CN2CCCCC2C)c(=O)c2ccccc2n1C. The summed E-state index contributed by atoms with van der Waals surface area (Å²) in [6.45, 7) is 6.24. The molecule has 0 bridgehead atoms. The van der Waals surface area contributed by atoms with E-state index in [0.717, 1.165) is 35.2 Å². The Hall–Kier alpha value is -1.61. The highest BCUT2D eigenvalue weighted by Crippen LogP contribution is 2.21. The fourth-order valence-electron chi connectivity index (χ4n) is 3.45. The number of pyridine rings is 1. The Kier molecular flexibility index (Phi) is 3.85. The third-order valence-corrected chi connectivity index (χ3v) is 5.03. The predicted octanol–water partition coefficient (Wildman–Crippen LogP) is 3.22. The van der Waals surface area contributed by atoms with E-state index in [-0.39, 0.29) is 5.43 Å². The van der Waals surface area contributed by atoms with Gasteiger partial charge >= 0.3 is 0 Å². The van der Waals surface area contributed by atoms with Crippen LogP contribution in [0.5, 0.6) is 0 Å². The number of rotatable bonds is 2. The molecule has 3 heteroatoms. The highest BCUT2D eigenvalue weighted by molar-refractivity contribution is 5.80. The summed E-state index contributed by atoms with van der Waals surface area (Å²) < 4.78 is 2.15. The molecule has 0 radical (unpaired) electrons.